The highest BCUT2D eigenvalue weighted by molar-refractivity contribution is 6.30. The van der Waals surface area contributed by atoms with E-state index in [1.165, 1.54) is 0 Å². The molecular formula is C26H33ClN4O5. The number of carbonyl (C=O) groups excluding carboxylic acids is 3. The van der Waals surface area contributed by atoms with Crippen molar-refractivity contribution >= 4 is 41.1 Å². The second-order valence-corrected chi connectivity index (χ2v) is 8.58. The number of esters is 1. The van der Waals surface area contributed by atoms with E-state index >= 15 is 0 Å². The van der Waals surface area contributed by atoms with Crippen molar-refractivity contribution < 1.29 is 24.2 Å². The molecule has 0 aliphatic carbocycles. The number of ether oxygens (including phenoxy) is 1. The van der Waals surface area contributed by atoms with Gasteiger partial charge >= 0.3 is 5.97 Å². The SMILES string of the molecule is C=C(CC(NC(O)c1ccc(Cl)cc1)C(=O)OCC(=O)NCCN(C)CC)c1ccccc1NC=O. The minimum Gasteiger partial charge on any atom is -0.454 e. The lowest BCUT2D eigenvalue weighted by atomic mass is 9.98. The molecule has 2 aromatic rings. The van der Waals surface area contributed by atoms with Crippen molar-refractivity contribution in [2.24, 2.45) is 0 Å². The number of hydrogen-bond donors (Lipinski definition) is 4. The quantitative estimate of drug-likeness (QED) is 0.163. The van der Waals surface area contributed by atoms with Crippen LogP contribution >= 0.6 is 11.6 Å². The second-order valence-electron chi connectivity index (χ2n) is 8.14. The third-order valence-electron chi connectivity index (χ3n) is 5.50. The van der Waals surface area contributed by atoms with E-state index in [1.807, 2.05) is 18.9 Å². The summed E-state index contributed by atoms with van der Waals surface area (Å²) in [5.74, 6) is -1.16. The zero-order valence-electron chi connectivity index (χ0n) is 20.5. The van der Waals surface area contributed by atoms with Crippen molar-refractivity contribution in [2.45, 2.75) is 25.6 Å². The largest absolute Gasteiger partial charge is 0.454 e. The minimum atomic E-state index is -1.21. The van der Waals surface area contributed by atoms with E-state index in [-0.39, 0.29) is 6.42 Å². The maximum absolute atomic E-state index is 13.0. The van der Waals surface area contributed by atoms with E-state index in [4.69, 9.17) is 16.3 Å². The van der Waals surface area contributed by atoms with Gasteiger partial charge in [0, 0.05) is 29.4 Å². The lowest BCUT2D eigenvalue weighted by molar-refractivity contribution is -0.151. The molecule has 10 heteroatoms. The van der Waals surface area contributed by atoms with Gasteiger partial charge in [0.1, 0.15) is 12.3 Å². The fourth-order valence-electron chi connectivity index (χ4n) is 3.31. The Kier molecular flexibility index (Phi) is 12.1. The molecule has 36 heavy (non-hydrogen) atoms. The van der Waals surface area contributed by atoms with Crippen molar-refractivity contribution in [2.75, 3.05) is 38.6 Å². The zero-order valence-corrected chi connectivity index (χ0v) is 21.3. The first-order valence-corrected chi connectivity index (χ1v) is 11.9. The van der Waals surface area contributed by atoms with Crippen molar-refractivity contribution in [3.63, 3.8) is 0 Å². The highest BCUT2D eigenvalue weighted by atomic mass is 35.5. The molecule has 0 aliphatic rings. The van der Waals surface area contributed by atoms with Gasteiger partial charge in [-0.15, -0.1) is 0 Å². The van der Waals surface area contributed by atoms with Crippen LogP contribution in [0.4, 0.5) is 5.69 Å². The molecule has 0 saturated carbocycles. The van der Waals surface area contributed by atoms with Crippen LogP contribution in [0.5, 0.6) is 0 Å². The number of aliphatic hydroxyl groups is 1. The Morgan fingerprint density at radius 1 is 1.19 bits per heavy atom. The Hall–Kier alpha value is -3.24. The summed E-state index contributed by atoms with van der Waals surface area (Å²) in [6.07, 6.45) is -0.615. The highest BCUT2D eigenvalue weighted by Gasteiger charge is 2.26. The molecule has 0 bridgehead atoms. The van der Waals surface area contributed by atoms with E-state index in [2.05, 4.69) is 22.5 Å². The average Bonchev–Trinajstić information content (AvgIpc) is 2.87. The number of nitrogens with one attached hydrogen (secondary N) is 3. The molecule has 0 heterocycles. The Bertz CT molecular complexity index is 1030. The van der Waals surface area contributed by atoms with Gasteiger partial charge in [0.2, 0.25) is 6.41 Å². The normalized spacial score (nSPS) is 12.5. The summed E-state index contributed by atoms with van der Waals surface area (Å²) in [6.45, 7) is 7.55. The first-order valence-electron chi connectivity index (χ1n) is 11.5. The maximum atomic E-state index is 13.0. The number of likely N-dealkylation sites (N-methyl/N-ethyl adjacent to an activating group) is 1. The van der Waals surface area contributed by atoms with E-state index in [9.17, 15) is 19.5 Å². The van der Waals surface area contributed by atoms with Crippen LogP contribution in [-0.2, 0) is 19.1 Å². The first kappa shape index (κ1) is 29.0. The number of anilines is 1. The van der Waals surface area contributed by atoms with E-state index in [0.717, 1.165) is 6.54 Å². The number of nitrogens with zero attached hydrogens (tertiary/aromatic N) is 1. The maximum Gasteiger partial charge on any atom is 0.324 e. The summed E-state index contributed by atoms with van der Waals surface area (Å²) in [7, 11) is 1.93. The fourth-order valence-corrected chi connectivity index (χ4v) is 3.44. The van der Waals surface area contributed by atoms with Gasteiger partial charge in [0.15, 0.2) is 6.61 Å². The van der Waals surface area contributed by atoms with Gasteiger partial charge in [-0.2, -0.15) is 0 Å². The molecule has 9 nitrogen and oxygen atoms in total. The van der Waals surface area contributed by atoms with Crippen molar-refractivity contribution in [1.82, 2.24) is 15.5 Å². The lowest BCUT2D eigenvalue weighted by Gasteiger charge is -2.23. The minimum absolute atomic E-state index is 0.0456. The molecule has 2 aromatic carbocycles. The molecular weight excluding hydrogens is 484 g/mol. The Morgan fingerprint density at radius 2 is 1.89 bits per heavy atom. The second kappa shape index (κ2) is 15.0. The number of hydrogen-bond acceptors (Lipinski definition) is 7. The van der Waals surface area contributed by atoms with Crippen LogP contribution in [0.2, 0.25) is 5.02 Å². The van der Waals surface area contributed by atoms with Gasteiger partial charge in [-0.3, -0.25) is 19.7 Å². The van der Waals surface area contributed by atoms with E-state index in [0.29, 0.717) is 46.9 Å². The van der Waals surface area contributed by atoms with Crippen LogP contribution in [0.25, 0.3) is 5.57 Å². The molecule has 2 amide bonds. The van der Waals surface area contributed by atoms with E-state index < -0.39 is 30.8 Å². The van der Waals surface area contributed by atoms with E-state index in [1.54, 1.807) is 48.5 Å². The summed E-state index contributed by atoms with van der Waals surface area (Å²) in [5, 5.41) is 19.3. The molecule has 0 aliphatic heterocycles. The molecule has 2 unspecified atom stereocenters. The standard InChI is InChI=1S/C26H33ClN4O5/c1-4-31(3)14-13-28-24(33)16-36-26(35)23(30-25(34)19-9-11-20(27)12-10-19)15-18(2)21-7-5-6-8-22(21)29-17-32/h5-12,17,23,25,30,34H,2,4,13-16H2,1,3H3,(H,28,33)(H,29,32). The average molecular weight is 517 g/mol. The monoisotopic (exact) mass is 516 g/mol. The van der Waals surface area contributed by atoms with Gasteiger partial charge < -0.3 is 25.4 Å². The number of rotatable bonds is 15. The van der Waals surface area contributed by atoms with Gasteiger partial charge in [0.25, 0.3) is 5.91 Å². The zero-order chi connectivity index (χ0) is 26.5. The number of carbonyl (C=O) groups is 3. The fraction of sp³-hybridized carbons (Fsp3) is 0.346. The molecule has 4 N–H and O–H groups in total. The number of halogens is 1. The predicted molar refractivity (Wildman–Crippen MR) is 140 cm³/mol. The van der Waals surface area contributed by atoms with Crippen LogP contribution in [0.1, 0.15) is 30.7 Å². The smallest absolute Gasteiger partial charge is 0.324 e. The predicted octanol–water partition coefficient (Wildman–Crippen LogP) is 2.57. The van der Waals surface area contributed by atoms with Gasteiger partial charge in [-0.05, 0) is 49.3 Å². The topological polar surface area (TPSA) is 120 Å². The third-order valence-corrected chi connectivity index (χ3v) is 5.76. The summed E-state index contributed by atoms with van der Waals surface area (Å²) in [6, 6.07) is 12.5. The Morgan fingerprint density at radius 3 is 2.56 bits per heavy atom. The van der Waals surface area contributed by atoms with Crippen molar-refractivity contribution in [1.29, 1.82) is 0 Å². The summed E-state index contributed by atoms with van der Waals surface area (Å²) in [5.41, 5.74) is 2.16. The first-order chi connectivity index (χ1) is 17.2. The van der Waals surface area contributed by atoms with Crippen LogP contribution in [0.3, 0.4) is 0 Å². The summed E-state index contributed by atoms with van der Waals surface area (Å²) >= 11 is 5.92. The molecule has 194 valence electrons. The molecule has 0 fully saturated rings. The van der Waals surface area contributed by atoms with Crippen molar-refractivity contribution in [3.8, 4) is 0 Å². The van der Waals surface area contributed by atoms with Crippen LogP contribution < -0.4 is 16.0 Å². The molecule has 0 saturated heterocycles. The van der Waals surface area contributed by atoms with Gasteiger partial charge in [-0.25, -0.2) is 0 Å². The molecule has 2 atom stereocenters. The molecule has 0 radical (unpaired) electrons. The number of aliphatic hydroxyl groups excluding tert-OH is 1. The molecule has 0 spiro atoms. The number of benzene rings is 2. The highest BCUT2D eigenvalue weighted by Crippen LogP contribution is 2.27. The summed E-state index contributed by atoms with van der Waals surface area (Å²) < 4.78 is 5.25. The number of amides is 2. The third kappa shape index (κ3) is 9.43. The molecule has 0 aromatic heterocycles. The van der Waals surface area contributed by atoms with Crippen LogP contribution in [0.15, 0.2) is 55.1 Å². The van der Waals surface area contributed by atoms with Crippen LogP contribution in [0, 0.1) is 0 Å². The molecule has 2 rings (SSSR count). The lowest BCUT2D eigenvalue weighted by Crippen LogP contribution is -2.42. The Labute approximate surface area is 216 Å². The van der Waals surface area contributed by atoms with Gasteiger partial charge in [0.05, 0.1) is 0 Å². The Balaban J connectivity index is 2.10. The van der Waals surface area contributed by atoms with Crippen LogP contribution in [-0.4, -0.2) is 67.6 Å². The van der Waals surface area contributed by atoms with Gasteiger partial charge in [-0.1, -0.05) is 55.4 Å². The van der Waals surface area contributed by atoms with Crippen molar-refractivity contribution in [3.05, 3.63) is 71.3 Å². The summed E-state index contributed by atoms with van der Waals surface area (Å²) in [4.78, 5) is 38.1. The number of para-hydroxylation sites is 1.